The maximum absolute atomic E-state index is 12.8. The van der Waals surface area contributed by atoms with E-state index in [0.717, 1.165) is 16.3 Å². The third kappa shape index (κ3) is 6.25. The lowest BCUT2D eigenvalue weighted by atomic mass is 10.0. The minimum Gasteiger partial charge on any atom is -0.392 e. The number of hydrogen-bond donors (Lipinski definition) is 2. The van der Waals surface area contributed by atoms with Crippen molar-refractivity contribution in [2.75, 3.05) is 10.5 Å². The lowest BCUT2D eigenvalue weighted by Gasteiger charge is -2.36. The van der Waals surface area contributed by atoms with Crippen molar-refractivity contribution in [3.8, 4) is 0 Å². The fourth-order valence-electron chi connectivity index (χ4n) is 4.16. The molecular formula is C27H28N4O5S2. The van der Waals surface area contributed by atoms with E-state index in [4.69, 9.17) is 9.47 Å². The first-order valence-electron chi connectivity index (χ1n) is 12.1. The molecule has 1 aliphatic rings. The van der Waals surface area contributed by atoms with Crippen molar-refractivity contribution in [2.24, 2.45) is 7.05 Å². The molecule has 0 aliphatic carbocycles. The molecule has 2 heterocycles. The number of aliphatic hydroxyl groups excluding tert-OH is 1. The number of benzene rings is 3. The number of nitrogens with one attached hydrogen (secondary N) is 1. The van der Waals surface area contributed by atoms with Crippen LogP contribution in [0.15, 0.2) is 95.2 Å². The van der Waals surface area contributed by atoms with Gasteiger partial charge in [-0.15, -0.1) is 10.2 Å². The topological polar surface area (TPSA) is 116 Å². The van der Waals surface area contributed by atoms with Gasteiger partial charge in [-0.1, -0.05) is 66.4 Å². The van der Waals surface area contributed by atoms with Gasteiger partial charge in [-0.25, -0.2) is 8.42 Å². The molecule has 38 heavy (non-hydrogen) atoms. The third-order valence-electron chi connectivity index (χ3n) is 6.15. The molecule has 0 bridgehead atoms. The summed E-state index contributed by atoms with van der Waals surface area (Å²) in [6.07, 6.45) is 1.15. The van der Waals surface area contributed by atoms with Crippen LogP contribution in [0.2, 0.25) is 0 Å². The van der Waals surface area contributed by atoms with Crippen molar-refractivity contribution in [1.82, 2.24) is 14.8 Å². The second-order valence-corrected chi connectivity index (χ2v) is 11.6. The maximum Gasteiger partial charge on any atom is 0.261 e. The van der Waals surface area contributed by atoms with E-state index in [2.05, 4.69) is 14.9 Å². The quantitative estimate of drug-likeness (QED) is 0.293. The summed E-state index contributed by atoms with van der Waals surface area (Å²) >= 11 is 1.55. The summed E-state index contributed by atoms with van der Waals surface area (Å²) in [6.45, 7) is -0.0276. The Hall–Kier alpha value is -3.22. The van der Waals surface area contributed by atoms with E-state index in [1.807, 2.05) is 41.9 Å². The number of sulfonamides is 1. The minimum atomic E-state index is -3.74. The van der Waals surface area contributed by atoms with E-state index in [1.54, 1.807) is 66.6 Å². The number of rotatable bonds is 9. The molecule has 5 rings (SSSR count). The Morgan fingerprint density at radius 3 is 2.53 bits per heavy atom. The average molecular weight is 553 g/mol. The summed E-state index contributed by atoms with van der Waals surface area (Å²) in [5, 5.41) is 18.3. The molecule has 1 aromatic heterocycles. The zero-order chi connectivity index (χ0) is 26.5. The zero-order valence-corrected chi connectivity index (χ0v) is 22.3. The Balaban J connectivity index is 1.38. The molecule has 198 valence electrons. The first kappa shape index (κ1) is 26.4. The Labute approximate surface area is 225 Å². The van der Waals surface area contributed by atoms with Crippen molar-refractivity contribution in [1.29, 1.82) is 0 Å². The molecule has 2 N–H and O–H groups in total. The Kier molecular flexibility index (Phi) is 8.10. The van der Waals surface area contributed by atoms with Crippen LogP contribution >= 0.6 is 11.8 Å². The first-order valence-corrected chi connectivity index (χ1v) is 14.5. The van der Waals surface area contributed by atoms with Gasteiger partial charge in [0.2, 0.25) is 0 Å². The predicted molar refractivity (Wildman–Crippen MR) is 144 cm³/mol. The number of hydrogen-bond acceptors (Lipinski definition) is 8. The second kappa shape index (κ2) is 11.7. The number of ether oxygens (including phenoxy) is 2. The van der Waals surface area contributed by atoms with E-state index >= 15 is 0 Å². The number of anilines is 1. The van der Waals surface area contributed by atoms with Crippen LogP contribution in [-0.2, 0) is 33.2 Å². The Morgan fingerprint density at radius 2 is 1.82 bits per heavy atom. The van der Waals surface area contributed by atoms with Crippen LogP contribution in [0.4, 0.5) is 5.69 Å². The minimum absolute atomic E-state index is 0.0276. The third-order valence-corrected chi connectivity index (χ3v) is 8.71. The molecule has 3 aromatic carbocycles. The van der Waals surface area contributed by atoms with Gasteiger partial charge in [-0.2, -0.15) is 0 Å². The summed E-state index contributed by atoms with van der Waals surface area (Å²) in [4.78, 5) is 0.183. The van der Waals surface area contributed by atoms with Crippen molar-refractivity contribution < 1.29 is 23.0 Å². The highest BCUT2D eigenvalue weighted by atomic mass is 32.2. The van der Waals surface area contributed by atoms with Gasteiger partial charge in [0.15, 0.2) is 11.4 Å². The molecule has 1 saturated heterocycles. The SMILES string of the molecule is Cn1cnnc1SCC1CC(c2ccc(CO)cc2)OC(c2cccc(NS(=O)(=O)c3ccccc3)c2)O1. The van der Waals surface area contributed by atoms with Gasteiger partial charge in [0.05, 0.1) is 23.7 Å². The number of nitrogens with zero attached hydrogens (tertiary/aromatic N) is 3. The summed E-state index contributed by atoms with van der Waals surface area (Å²) < 4.78 is 42.9. The van der Waals surface area contributed by atoms with Gasteiger partial charge in [0.25, 0.3) is 10.0 Å². The molecule has 1 aliphatic heterocycles. The maximum atomic E-state index is 12.8. The normalized spacial score (nSPS) is 19.8. The van der Waals surface area contributed by atoms with Crippen LogP contribution < -0.4 is 4.72 Å². The van der Waals surface area contributed by atoms with Crippen molar-refractivity contribution in [2.45, 2.75) is 41.6 Å². The fourth-order valence-corrected chi connectivity index (χ4v) is 6.13. The largest absolute Gasteiger partial charge is 0.392 e. The molecule has 11 heteroatoms. The lowest BCUT2D eigenvalue weighted by Crippen LogP contribution is -2.31. The number of aliphatic hydroxyl groups is 1. The summed E-state index contributed by atoms with van der Waals surface area (Å²) in [5.74, 6) is 0.637. The second-order valence-electron chi connectivity index (χ2n) is 8.93. The first-order chi connectivity index (χ1) is 18.4. The van der Waals surface area contributed by atoms with Gasteiger partial charge in [0, 0.05) is 30.5 Å². The monoisotopic (exact) mass is 552 g/mol. The van der Waals surface area contributed by atoms with Crippen LogP contribution in [-0.4, -0.2) is 40.1 Å². The molecule has 3 atom stereocenters. The molecular weight excluding hydrogens is 524 g/mol. The van der Waals surface area contributed by atoms with Gasteiger partial charge in [-0.3, -0.25) is 4.72 Å². The van der Waals surface area contributed by atoms with E-state index in [9.17, 15) is 13.5 Å². The van der Waals surface area contributed by atoms with Crippen molar-refractivity contribution in [3.63, 3.8) is 0 Å². The molecule has 0 radical (unpaired) electrons. The molecule has 0 saturated carbocycles. The number of aryl methyl sites for hydroxylation is 1. The molecule has 0 amide bonds. The molecule has 1 fully saturated rings. The molecule has 4 aromatic rings. The lowest BCUT2D eigenvalue weighted by molar-refractivity contribution is -0.245. The van der Waals surface area contributed by atoms with Crippen LogP contribution in [0.25, 0.3) is 0 Å². The van der Waals surface area contributed by atoms with Crippen LogP contribution in [0.1, 0.15) is 35.5 Å². The van der Waals surface area contributed by atoms with Gasteiger partial charge >= 0.3 is 0 Å². The molecule has 9 nitrogen and oxygen atoms in total. The fraction of sp³-hybridized carbons (Fsp3) is 0.259. The van der Waals surface area contributed by atoms with Crippen LogP contribution in [0, 0.1) is 0 Å². The molecule has 0 spiro atoms. The number of aromatic nitrogens is 3. The van der Waals surface area contributed by atoms with E-state index in [-0.39, 0.29) is 23.7 Å². The van der Waals surface area contributed by atoms with Crippen LogP contribution in [0.5, 0.6) is 0 Å². The summed E-state index contributed by atoms with van der Waals surface area (Å²) in [5.41, 5.74) is 2.91. The van der Waals surface area contributed by atoms with Gasteiger partial charge in [0.1, 0.15) is 6.33 Å². The van der Waals surface area contributed by atoms with E-state index in [0.29, 0.717) is 23.4 Å². The Bertz CT molecular complexity index is 1460. The van der Waals surface area contributed by atoms with E-state index in [1.165, 1.54) is 0 Å². The van der Waals surface area contributed by atoms with E-state index < -0.39 is 16.3 Å². The smallest absolute Gasteiger partial charge is 0.261 e. The standard InChI is InChI=1S/C27H28N4O5S2/c1-31-18-28-29-27(31)37-17-23-15-25(20-12-10-19(16-32)11-13-20)36-26(35-23)21-6-5-7-22(14-21)30-38(33,34)24-8-3-2-4-9-24/h2-14,18,23,25-26,30,32H,15-17H2,1H3. The highest BCUT2D eigenvalue weighted by Gasteiger charge is 2.32. The van der Waals surface area contributed by atoms with Crippen molar-refractivity contribution in [3.05, 3.63) is 102 Å². The average Bonchev–Trinajstić information content (AvgIpc) is 3.36. The van der Waals surface area contributed by atoms with Gasteiger partial charge in [-0.05, 0) is 35.4 Å². The van der Waals surface area contributed by atoms with Gasteiger partial charge < -0.3 is 19.1 Å². The molecule has 3 unspecified atom stereocenters. The zero-order valence-electron chi connectivity index (χ0n) is 20.7. The summed E-state index contributed by atoms with van der Waals surface area (Å²) in [7, 11) is -1.85. The predicted octanol–water partition coefficient (Wildman–Crippen LogP) is 4.45. The number of thioether (sulfide) groups is 1. The highest BCUT2D eigenvalue weighted by Crippen LogP contribution is 2.39. The summed E-state index contributed by atoms with van der Waals surface area (Å²) in [6, 6.07) is 22.9. The Morgan fingerprint density at radius 1 is 1.03 bits per heavy atom. The van der Waals surface area contributed by atoms with Crippen molar-refractivity contribution >= 4 is 27.5 Å². The van der Waals surface area contributed by atoms with Crippen LogP contribution in [0.3, 0.4) is 0 Å². The highest BCUT2D eigenvalue weighted by molar-refractivity contribution is 7.99.